The average Bonchev–Trinajstić information content (AvgIpc) is 2.37. The highest BCUT2D eigenvalue weighted by atomic mass is 35.5. The number of carbonyl (C=O) groups is 1. The van der Waals surface area contributed by atoms with E-state index in [-0.39, 0.29) is 11.9 Å². The second-order valence-electron chi connectivity index (χ2n) is 4.81. The molecule has 3 heteroatoms. The van der Waals surface area contributed by atoms with Gasteiger partial charge in [-0.3, -0.25) is 4.79 Å². The van der Waals surface area contributed by atoms with E-state index in [0.717, 1.165) is 10.8 Å². The number of rotatable bonds is 4. The molecule has 2 aromatic carbocycles. The molecule has 0 heterocycles. The van der Waals surface area contributed by atoms with Crippen LogP contribution in [0, 0.1) is 0 Å². The Morgan fingerprint density at radius 1 is 1.11 bits per heavy atom. The van der Waals surface area contributed by atoms with E-state index in [1.165, 1.54) is 0 Å². The highest BCUT2D eigenvalue weighted by molar-refractivity contribution is 6.35. The molecule has 0 amide bonds. The first kappa shape index (κ1) is 13.9. The quantitative estimate of drug-likeness (QED) is 0.610. The van der Waals surface area contributed by atoms with Gasteiger partial charge in [-0.05, 0) is 37.6 Å². The molecule has 0 aliphatic carbocycles. The summed E-state index contributed by atoms with van der Waals surface area (Å²) in [5.41, 5.74) is 0.578. The minimum Gasteiger partial charge on any atom is -0.490 e. The van der Waals surface area contributed by atoms with Crippen LogP contribution in [0.4, 0.5) is 0 Å². The van der Waals surface area contributed by atoms with Gasteiger partial charge in [0.05, 0.1) is 17.0 Å². The lowest BCUT2D eigenvalue weighted by Crippen LogP contribution is -2.15. The SMILES string of the molecule is CC(C)Oc1ccc2ccccc2c1C(=O)C(C)Cl. The topological polar surface area (TPSA) is 26.3 Å². The first-order valence-electron chi connectivity index (χ1n) is 6.37. The number of hydrogen-bond donors (Lipinski definition) is 0. The first-order valence-corrected chi connectivity index (χ1v) is 6.81. The molecule has 0 N–H and O–H groups in total. The Kier molecular flexibility index (Phi) is 4.11. The number of Topliss-reactive ketones (excluding diaryl/α,β-unsaturated/α-hetero) is 1. The summed E-state index contributed by atoms with van der Waals surface area (Å²) in [5, 5.41) is 1.33. The molecule has 0 spiro atoms. The smallest absolute Gasteiger partial charge is 0.184 e. The van der Waals surface area contributed by atoms with Gasteiger partial charge in [-0.25, -0.2) is 0 Å². The number of ketones is 1. The second-order valence-corrected chi connectivity index (χ2v) is 5.46. The van der Waals surface area contributed by atoms with E-state index in [1.807, 2.05) is 50.2 Å². The van der Waals surface area contributed by atoms with Crippen molar-refractivity contribution in [3.05, 3.63) is 42.0 Å². The maximum Gasteiger partial charge on any atom is 0.184 e. The van der Waals surface area contributed by atoms with Gasteiger partial charge < -0.3 is 4.74 Å². The van der Waals surface area contributed by atoms with Gasteiger partial charge >= 0.3 is 0 Å². The standard InChI is InChI=1S/C16H17ClO2/c1-10(2)19-14-9-8-12-6-4-5-7-13(12)15(14)16(18)11(3)17/h4-11H,1-3H3. The molecular formula is C16H17ClO2. The summed E-state index contributed by atoms with van der Waals surface area (Å²) in [6, 6.07) is 11.6. The third kappa shape index (κ3) is 2.90. The van der Waals surface area contributed by atoms with Gasteiger partial charge in [-0.1, -0.05) is 30.3 Å². The van der Waals surface area contributed by atoms with Crippen molar-refractivity contribution in [2.45, 2.75) is 32.3 Å². The van der Waals surface area contributed by atoms with E-state index in [9.17, 15) is 4.79 Å². The Labute approximate surface area is 118 Å². The third-order valence-electron chi connectivity index (χ3n) is 2.86. The van der Waals surface area contributed by atoms with E-state index >= 15 is 0 Å². The Morgan fingerprint density at radius 3 is 2.42 bits per heavy atom. The van der Waals surface area contributed by atoms with E-state index in [1.54, 1.807) is 6.92 Å². The molecule has 100 valence electrons. The van der Waals surface area contributed by atoms with Crippen molar-refractivity contribution in [1.29, 1.82) is 0 Å². The van der Waals surface area contributed by atoms with Crippen LogP contribution < -0.4 is 4.74 Å². The number of halogens is 1. The van der Waals surface area contributed by atoms with Crippen molar-refractivity contribution in [3.8, 4) is 5.75 Å². The second kappa shape index (κ2) is 5.62. The summed E-state index contributed by atoms with van der Waals surface area (Å²) in [7, 11) is 0. The van der Waals surface area contributed by atoms with Crippen molar-refractivity contribution < 1.29 is 9.53 Å². The summed E-state index contributed by atoms with van der Waals surface area (Å²) in [6.45, 7) is 5.56. The molecule has 1 atom stereocenters. The summed E-state index contributed by atoms with van der Waals surface area (Å²) in [6.07, 6.45) is 0.0124. The van der Waals surface area contributed by atoms with Crippen molar-refractivity contribution in [1.82, 2.24) is 0 Å². The van der Waals surface area contributed by atoms with Crippen LogP contribution >= 0.6 is 11.6 Å². The highest BCUT2D eigenvalue weighted by Crippen LogP contribution is 2.30. The van der Waals surface area contributed by atoms with Crippen molar-refractivity contribution in [3.63, 3.8) is 0 Å². The molecule has 2 nitrogen and oxygen atoms in total. The fourth-order valence-corrected chi connectivity index (χ4v) is 2.17. The van der Waals surface area contributed by atoms with Crippen LogP contribution in [-0.4, -0.2) is 17.3 Å². The number of alkyl halides is 1. The molecule has 0 aromatic heterocycles. The molecule has 1 unspecified atom stereocenters. The molecule has 0 aliphatic heterocycles. The van der Waals surface area contributed by atoms with Crippen LogP contribution in [0.3, 0.4) is 0 Å². The Bertz CT molecular complexity index is 603. The number of fused-ring (bicyclic) bond motifs is 1. The van der Waals surface area contributed by atoms with Gasteiger partial charge in [0, 0.05) is 0 Å². The lowest BCUT2D eigenvalue weighted by atomic mass is 9.99. The molecule has 2 aromatic rings. The number of hydrogen-bond acceptors (Lipinski definition) is 2. The molecule has 0 radical (unpaired) electrons. The predicted molar refractivity (Wildman–Crippen MR) is 79.4 cm³/mol. The molecule has 0 fully saturated rings. The normalized spacial score (nSPS) is 12.7. The molecule has 0 bridgehead atoms. The maximum atomic E-state index is 12.3. The predicted octanol–water partition coefficient (Wildman–Crippen LogP) is 4.44. The van der Waals surface area contributed by atoms with Crippen LogP contribution in [0.25, 0.3) is 10.8 Å². The first-order chi connectivity index (χ1) is 9.00. The van der Waals surface area contributed by atoms with Crippen LogP contribution in [0.15, 0.2) is 36.4 Å². The van der Waals surface area contributed by atoms with Crippen LogP contribution in [0.5, 0.6) is 5.75 Å². The Hall–Kier alpha value is -1.54. The average molecular weight is 277 g/mol. The monoisotopic (exact) mass is 276 g/mol. The summed E-state index contributed by atoms with van der Waals surface area (Å²) < 4.78 is 5.75. The van der Waals surface area contributed by atoms with Crippen molar-refractivity contribution in [2.75, 3.05) is 0 Å². The Morgan fingerprint density at radius 2 is 1.79 bits per heavy atom. The minimum absolute atomic E-state index is 0.0124. The van der Waals surface area contributed by atoms with E-state index in [0.29, 0.717) is 11.3 Å². The van der Waals surface area contributed by atoms with E-state index in [2.05, 4.69) is 0 Å². The zero-order valence-electron chi connectivity index (χ0n) is 11.3. The molecule has 0 saturated heterocycles. The number of benzene rings is 2. The minimum atomic E-state index is -0.569. The summed E-state index contributed by atoms with van der Waals surface area (Å²) in [5.74, 6) is 0.500. The van der Waals surface area contributed by atoms with Crippen LogP contribution in [0.2, 0.25) is 0 Å². The van der Waals surface area contributed by atoms with E-state index < -0.39 is 5.38 Å². The zero-order chi connectivity index (χ0) is 14.0. The highest BCUT2D eigenvalue weighted by Gasteiger charge is 2.20. The molecule has 0 aliphatic rings. The lowest BCUT2D eigenvalue weighted by Gasteiger charge is -2.16. The molecule has 2 rings (SSSR count). The molecule has 19 heavy (non-hydrogen) atoms. The lowest BCUT2D eigenvalue weighted by molar-refractivity contribution is 0.0988. The fourth-order valence-electron chi connectivity index (χ4n) is 2.06. The largest absolute Gasteiger partial charge is 0.490 e. The molecular weight excluding hydrogens is 260 g/mol. The van der Waals surface area contributed by atoms with Gasteiger partial charge in [-0.2, -0.15) is 0 Å². The van der Waals surface area contributed by atoms with Gasteiger partial charge in [0.2, 0.25) is 0 Å². The van der Waals surface area contributed by atoms with Crippen molar-refractivity contribution >= 4 is 28.2 Å². The maximum absolute atomic E-state index is 12.3. The van der Waals surface area contributed by atoms with Crippen molar-refractivity contribution in [2.24, 2.45) is 0 Å². The van der Waals surface area contributed by atoms with Crippen LogP contribution in [-0.2, 0) is 0 Å². The van der Waals surface area contributed by atoms with Gasteiger partial charge in [0.15, 0.2) is 5.78 Å². The number of ether oxygens (including phenoxy) is 1. The van der Waals surface area contributed by atoms with E-state index in [4.69, 9.17) is 16.3 Å². The van der Waals surface area contributed by atoms with Gasteiger partial charge in [0.25, 0.3) is 0 Å². The van der Waals surface area contributed by atoms with Gasteiger partial charge in [-0.15, -0.1) is 11.6 Å². The third-order valence-corrected chi connectivity index (χ3v) is 3.06. The van der Waals surface area contributed by atoms with Gasteiger partial charge in [0.1, 0.15) is 5.75 Å². The zero-order valence-corrected chi connectivity index (χ0v) is 12.1. The summed E-state index contributed by atoms with van der Waals surface area (Å²) >= 11 is 5.97. The van der Waals surface area contributed by atoms with Crippen LogP contribution in [0.1, 0.15) is 31.1 Å². The fraction of sp³-hybridized carbons (Fsp3) is 0.312. The molecule has 0 saturated carbocycles. The number of carbonyl (C=O) groups excluding carboxylic acids is 1. The summed E-state index contributed by atoms with van der Waals surface area (Å²) in [4.78, 5) is 12.3. The Balaban J connectivity index is 2.68.